The Kier molecular flexibility index (Phi) is 37.3. The summed E-state index contributed by atoms with van der Waals surface area (Å²) in [5.74, 6) is 2.75. The molecule has 4 aromatic heterocycles. The molecule has 0 bridgehead atoms. The molecule has 2 unspecified atom stereocenters. The quantitative estimate of drug-likeness (QED) is 0.0199. The van der Waals surface area contributed by atoms with Crippen LogP contribution in [-0.2, 0) is 25.7 Å². The fourth-order valence-corrected chi connectivity index (χ4v) is 11.6. The first kappa shape index (κ1) is 93.8. The number of hydrogen-bond acceptors (Lipinski definition) is 22. The van der Waals surface area contributed by atoms with E-state index in [0.717, 1.165) is 125 Å². The molecule has 26 heteroatoms. The zero-order valence-electron chi connectivity index (χ0n) is 63.1. The van der Waals surface area contributed by atoms with Crippen LogP contribution in [0.15, 0.2) is 237 Å². The van der Waals surface area contributed by atoms with Crippen LogP contribution in [0, 0.1) is 13.8 Å². The molecule has 4 heterocycles. The average Bonchev–Trinajstić information content (AvgIpc) is 1.81. The second-order valence-electron chi connectivity index (χ2n) is 27.6. The zero-order chi connectivity index (χ0) is 77.4. The summed E-state index contributed by atoms with van der Waals surface area (Å²) >= 11 is 0. The molecule has 112 heavy (non-hydrogen) atoms. The van der Waals surface area contributed by atoms with Gasteiger partial charge >= 0.3 is 0 Å². The summed E-state index contributed by atoms with van der Waals surface area (Å²) in [7, 11) is 0. The van der Waals surface area contributed by atoms with Crippen molar-refractivity contribution in [3.05, 3.63) is 265 Å². The molecule has 0 amide bonds. The topological polar surface area (TPSA) is 410 Å². The van der Waals surface area contributed by atoms with Crippen molar-refractivity contribution in [3.63, 3.8) is 0 Å². The Labute approximate surface area is 678 Å². The SMILES string of the molecule is CCc1nc(-c2ccc(-c3ccc(C(O)CC(N)(CO)CO)cc3)cc2)co1.CCc1nc(-c2ccc(-c3ccc(CCC(N)(CO)CO)cc3)cc2)co1.Cc1nc(-c2ccc(-c3ccc(C(O)CC(N)(CO)CO)cc3)cc2)co1.Cc1nc(-c2ccc(-c3ccc(CCC(N)(CO)CO)cc3)cc2)co1.Cl.Cl.Cl.Cl. The Hall–Kier alpha value is -8.80. The lowest BCUT2D eigenvalue weighted by molar-refractivity contribution is 0.0618. The number of rotatable bonds is 30. The van der Waals surface area contributed by atoms with Crippen molar-refractivity contribution in [2.45, 2.75) is 113 Å². The van der Waals surface area contributed by atoms with E-state index in [0.29, 0.717) is 48.6 Å². The summed E-state index contributed by atoms with van der Waals surface area (Å²) in [5.41, 5.74) is 38.9. The van der Waals surface area contributed by atoms with Gasteiger partial charge in [0.15, 0.2) is 23.6 Å². The number of aliphatic hydroxyl groups is 10. The van der Waals surface area contributed by atoms with Crippen molar-refractivity contribution < 1.29 is 68.7 Å². The van der Waals surface area contributed by atoms with E-state index in [4.69, 9.17) is 40.6 Å². The fourth-order valence-electron chi connectivity index (χ4n) is 11.6. The Balaban J connectivity index is 0.000000264. The van der Waals surface area contributed by atoms with Gasteiger partial charge in [-0.05, 0) is 105 Å². The molecule has 0 aliphatic rings. The van der Waals surface area contributed by atoms with Crippen molar-refractivity contribution >= 4 is 49.6 Å². The van der Waals surface area contributed by atoms with Crippen molar-refractivity contribution in [1.29, 1.82) is 0 Å². The number of nitrogens with zero attached hydrogens (tertiary/aromatic N) is 4. The molecule has 12 aromatic rings. The molecule has 0 saturated carbocycles. The van der Waals surface area contributed by atoms with Gasteiger partial charge < -0.3 is 91.7 Å². The summed E-state index contributed by atoms with van der Waals surface area (Å²) in [6.45, 7) is 5.19. The van der Waals surface area contributed by atoms with Gasteiger partial charge in [0.2, 0.25) is 0 Å². The third-order valence-electron chi connectivity index (χ3n) is 19.0. The highest BCUT2D eigenvalue weighted by Gasteiger charge is 2.30. The first-order valence-corrected chi connectivity index (χ1v) is 35.9. The molecule has 18 N–H and O–H groups in total. The van der Waals surface area contributed by atoms with Gasteiger partial charge in [0.25, 0.3) is 0 Å². The molecule has 0 spiro atoms. The average molecular weight is 1620 g/mol. The van der Waals surface area contributed by atoms with Crippen LogP contribution in [0.2, 0.25) is 0 Å². The lowest BCUT2D eigenvalue weighted by Crippen LogP contribution is -2.48. The van der Waals surface area contributed by atoms with Crippen LogP contribution >= 0.6 is 49.6 Å². The third-order valence-corrected chi connectivity index (χ3v) is 19.0. The van der Waals surface area contributed by atoms with Gasteiger partial charge in [-0.3, -0.25) is 0 Å². The fraction of sp³-hybridized carbons (Fsp3) is 0.302. The van der Waals surface area contributed by atoms with Crippen molar-refractivity contribution in [3.8, 4) is 89.5 Å². The molecule has 0 saturated heterocycles. The van der Waals surface area contributed by atoms with Crippen LogP contribution in [0.5, 0.6) is 0 Å². The number of aromatic nitrogens is 4. The van der Waals surface area contributed by atoms with E-state index in [1.54, 1.807) is 25.1 Å². The van der Waals surface area contributed by atoms with Gasteiger partial charge in [0, 0.05) is 48.9 Å². The van der Waals surface area contributed by atoms with Crippen LogP contribution in [0.1, 0.15) is 97.6 Å². The predicted molar refractivity (Wildman–Crippen MR) is 447 cm³/mol. The summed E-state index contributed by atoms with van der Waals surface area (Å²) in [5, 5.41) is 94.9. The van der Waals surface area contributed by atoms with E-state index < -0.39 is 60.8 Å². The van der Waals surface area contributed by atoms with Gasteiger partial charge in [-0.25, -0.2) is 19.9 Å². The maximum Gasteiger partial charge on any atom is 0.194 e. The van der Waals surface area contributed by atoms with Crippen LogP contribution in [0.4, 0.5) is 0 Å². The third kappa shape index (κ3) is 26.1. The minimum atomic E-state index is -1.20. The van der Waals surface area contributed by atoms with Crippen LogP contribution < -0.4 is 22.9 Å². The van der Waals surface area contributed by atoms with E-state index in [1.807, 2.05) is 149 Å². The monoisotopic (exact) mass is 1610 g/mol. The van der Waals surface area contributed by atoms with Gasteiger partial charge in [0.1, 0.15) is 47.8 Å². The molecule has 0 fully saturated rings. The number of halogens is 4. The van der Waals surface area contributed by atoms with Gasteiger partial charge in [-0.1, -0.05) is 208 Å². The molecule has 0 aliphatic carbocycles. The van der Waals surface area contributed by atoms with E-state index >= 15 is 0 Å². The molecule has 12 rings (SSSR count). The molecule has 0 radical (unpaired) electrons. The minimum Gasteiger partial charge on any atom is -0.449 e. The first-order valence-electron chi connectivity index (χ1n) is 35.9. The summed E-state index contributed by atoms with van der Waals surface area (Å²) in [6, 6.07) is 64.0. The van der Waals surface area contributed by atoms with Crippen molar-refractivity contribution in [2.75, 3.05) is 52.9 Å². The lowest BCUT2D eigenvalue weighted by atomic mass is 9.91. The summed E-state index contributed by atoms with van der Waals surface area (Å²) < 4.78 is 21.3. The van der Waals surface area contributed by atoms with Crippen LogP contribution in [0.3, 0.4) is 0 Å². The molecule has 22 nitrogen and oxygen atoms in total. The predicted octanol–water partition coefficient (Wildman–Crippen LogP) is 12.9. The summed E-state index contributed by atoms with van der Waals surface area (Å²) in [6.07, 6.45) is 9.12. The van der Waals surface area contributed by atoms with E-state index in [2.05, 4.69) is 92.7 Å². The van der Waals surface area contributed by atoms with E-state index in [9.17, 15) is 51.1 Å². The molecule has 2 atom stereocenters. The van der Waals surface area contributed by atoms with Gasteiger partial charge in [-0.2, -0.15) is 0 Å². The number of aliphatic hydroxyl groups excluding tert-OH is 10. The Morgan fingerprint density at radius 2 is 0.500 bits per heavy atom. The van der Waals surface area contributed by atoms with Gasteiger partial charge in [-0.15, -0.1) is 49.6 Å². The smallest absolute Gasteiger partial charge is 0.194 e. The largest absolute Gasteiger partial charge is 0.449 e. The number of oxazole rings is 4. The highest BCUT2D eigenvalue weighted by atomic mass is 35.5. The number of aryl methyl sites for hydroxylation is 6. The first-order chi connectivity index (χ1) is 52.0. The molecular weight excluding hydrogens is 1510 g/mol. The van der Waals surface area contributed by atoms with E-state index in [1.165, 1.54) is 0 Å². The maximum absolute atomic E-state index is 10.3. The number of nitrogens with two attached hydrogens (primary N) is 4. The van der Waals surface area contributed by atoms with Crippen molar-refractivity contribution in [1.82, 2.24) is 19.9 Å². The van der Waals surface area contributed by atoms with Crippen LogP contribution in [-0.4, -0.2) is 146 Å². The minimum absolute atomic E-state index is 0. The zero-order valence-corrected chi connectivity index (χ0v) is 66.4. The number of benzene rings is 8. The number of hydrogen-bond donors (Lipinski definition) is 14. The molecule has 8 aromatic carbocycles. The highest BCUT2D eigenvalue weighted by Crippen LogP contribution is 2.33. The standard InChI is InChI=1S/C22H26N2O4.C22H26N2O3.C21H24N2O4.C21H24N2O3.4ClH/c1-2-21-24-19(12-28-21)17-7-3-15(4-8-17)16-5-9-18(10-6-16)20(27)11-22(23,13-25)14-26;1-2-21-24-20(13-27-21)19-9-7-18(8-10-19)17-5-3-16(4-6-17)11-12-22(23,14-25)15-26;1-14-23-19(11-27-14)17-6-2-15(3-7-17)16-4-8-18(9-5-16)20(26)10-21(22,12-24)13-25;1-15-23-20(12-26-15)19-8-6-18(7-9-19)17-4-2-16(3-5-17)10-11-21(22,13-24)14-25;;;;/h3-10,12,20,25-27H,2,11,13-14,23H2,1H3;3-10,13,25-26H,2,11-12,14-15,23H2,1H3;2-9,11,20,24-26H,10,12-13,22H2,1H3;2-9,12,24-25H,10-11,13-14,22H2,1H3;4*1H. The second kappa shape index (κ2) is 44.6. The Morgan fingerprint density at radius 3 is 0.705 bits per heavy atom. The van der Waals surface area contributed by atoms with Crippen LogP contribution in [0.25, 0.3) is 89.5 Å². The maximum atomic E-state index is 10.3. The molecule has 0 aliphatic heterocycles. The normalized spacial score (nSPS) is 11.9. The van der Waals surface area contributed by atoms with E-state index in [-0.39, 0.29) is 88.9 Å². The Morgan fingerprint density at radius 1 is 0.295 bits per heavy atom. The lowest BCUT2D eigenvalue weighted by Gasteiger charge is -2.27. The van der Waals surface area contributed by atoms with Gasteiger partial charge in [0.05, 0.1) is 87.2 Å². The highest BCUT2D eigenvalue weighted by molar-refractivity contribution is 5.86. The molecular formula is C86H104Cl4N8O14. The van der Waals surface area contributed by atoms with Crippen molar-refractivity contribution in [2.24, 2.45) is 22.9 Å². The second-order valence-corrected chi connectivity index (χ2v) is 27.6. The molecule has 600 valence electrons. The summed E-state index contributed by atoms with van der Waals surface area (Å²) in [4.78, 5) is 17.5. The Bertz CT molecular complexity index is 4650.